The van der Waals surface area contributed by atoms with E-state index in [9.17, 15) is 0 Å². The highest BCUT2D eigenvalue weighted by molar-refractivity contribution is 5.48. The molecule has 1 aromatic carbocycles. The standard InChI is InChI=1S/C14H24N2/c1-5-16(10-14(15)11(2)3)13-8-6-7-12(4)9-13/h6-9,11,14H,5,10,15H2,1-4H3. The van der Waals surface area contributed by atoms with Crippen molar-refractivity contribution in [2.45, 2.75) is 33.7 Å². The van der Waals surface area contributed by atoms with Crippen molar-refractivity contribution < 1.29 is 0 Å². The minimum Gasteiger partial charge on any atom is -0.370 e. The van der Waals surface area contributed by atoms with Crippen LogP contribution in [0.1, 0.15) is 26.3 Å². The molecule has 0 spiro atoms. The van der Waals surface area contributed by atoms with Crippen LogP contribution in [0.15, 0.2) is 24.3 Å². The molecule has 0 saturated carbocycles. The number of likely N-dealkylation sites (N-methyl/N-ethyl adjacent to an activating group) is 1. The molecule has 0 radical (unpaired) electrons. The summed E-state index contributed by atoms with van der Waals surface area (Å²) in [7, 11) is 0. The van der Waals surface area contributed by atoms with E-state index < -0.39 is 0 Å². The van der Waals surface area contributed by atoms with E-state index in [1.54, 1.807) is 0 Å². The van der Waals surface area contributed by atoms with Crippen molar-refractivity contribution in [3.8, 4) is 0 Å². The molecule has 2 nitrogen and oxygen atoms in total. The van der Waals surface area contributed by atoms with Crippen LogP contribution in [0.25, 0.3) is 0 Å². The minimum atomic E-state index is 0.237. The van der Waals surface area contributed by atoms with E-state index in [2.05, 4.69) is 56.9 Å². The second kappa shape index (κ2) is 5.90. The van der Waals surface area contributed by atoms with Crippen LogP contribution in [0.2, 0.25) is 0 Å². The molecule has 1 aromatic rings. The van der Waals surface area contributed by atoms with Gasteiger partial charge in [-0.3, -0.25) is 0 Å². The van der Waals surface area contributed by atoms with E-state index in [1.807, 2.05) is 0 Å². The lowest BCUT2D eigenvalue weighted by atomic mass is 10.0. The molecular formula is C14H24N2. The average molecular weight is 220 g/mol. The molecule has 0 aliphatic rings. The molecule has 1 rings (SSSR count). The number of rotatable bonds is 5. The fourth-order valence-corrected chi connectivity index (χ4v) is 1.71. The highest BCUT2D eigenvalue weighted by atomic mass is 15.1. The topological polar surface area (TPSA) is 29.3 Å². The molecule has 0 aliphatic heterocycles. The number of aryl methyl sites for hydroxylation is 1. The summed E-state index contributed by atoms with van der Waals surface area (Å²) in [5.74, 6) is 0.527. The molecule has 90 valence electrons. The van der Waals surface area contributed by atoms with Crippen molar-refractivity contribution in [1.82, 2.24) is 0 Å². The van der Waals surface area contributed by atoms with E-state index in [4.69, 9.17) is 5.73 Å². The van der Waals surface area contributed by atoms with Crippen LogP contribution >= 0.6 is 0 Å². The third-order valence-corrected chi connectivity index (χ3v) is 3.04. The van der Waals surface area contributed by atoms with E-state index in [0.29, 0.717) is 5.92 Å². The van der Waals surface area contributed by atoms with Gasteiger partial charge in [-0.15, -0.1) is 0 Å². The van der Waals surface area contributed by atoms with Crippen LogP contribution in [-0.4, -0.2) is 19.1 Å². The summed E-state index contributed by atoms with van der Waals surface area (Å²) < 4.78 is 0. The first-order valence-corrected chi connectivity index (χ1v) is 6.11. The molecule has 0 saturated heterocycles. The summed E-state index contributed by atoms with van der Waals surface area (Å²) in [5, 5.41) is 0. The monoisotopic (exact) mass is 220 g/mol. The lowest BCUT2D eigenvalue weighted by Crippen LogP contribution is -2.40. The SMILES string of the molecule is CCN(CC(N)C(C)C)c1cccc(C)c1. The van der Waals surface area contributed by atoms with Crippen molar-refractivity contribution >= 4 is 5.69 Å². The van der Waals surface area contributed by atoms with Crippen molar-refractivity contribution in [3.63, 3.8) is 0 Å². The highest BCUT2D eigenvalue weighted by Gasteiger charge is 2.12. The third-order valence-electron chi connectivity index (χ3n) is 3.04. The fourth-order valence-electron chi connectivity index (χ4n) is 1.71. The number of hydrogen-bond acceptors (Lipinski definition) is 2. The summed E-state index contributed by atoms with van der Waals surface area (Å²) in [5.41, 5.74) is 8.70. The second-order valence-electron chi connectivity index (χ2n) is 4.79. The molecule has 2 heteroatoms. The number of hydrogen-bond donors (Lipinski definition) is 1. The van der Waals surface area contributed by atoms with Crippen molar-refractivity contribution in [1.29, 1.82) is 0 Å². The number of benzene rings is 1. The van der Waals surface area contributed by atoms with Gasteiger partial charge in [-0.05, 0) is 37.5 Å². The van der Waals surface area contributed by atoms with Gasteiger partial charge in [0.25, 0.3) is 0 Å². The lowest BCUT2D eigenvalue weighted by Gasteiger charge is -2.28. The van der Waals surface area contributed by atoms with Crippen LogP contribution in [0.3, 0.4) is 0 Å². The average Bonchev–Trinajstić information content (AvgIpc) is 2.25. The summed E-state index contributed by atoms with van der Waals surface area (Å²) in [6.07, 6.45) is 0. The molecule has 0 bridgehead atoms. The van der Waals surface area contributed by atoms with E-state index in [1.165, 1.54) is 11.3 Å². The van der Waals surface area contributed by atoms with Crippen molar-refractivity contribution in [3.05, 3.63) is 29.8 Å². The zero-order valence-electron chi connectivity index (χ0n) is 10.9. The van der Waals surface area contributed by atoms with Gasteiger partial charge in [0.1, 0.15) is 0 Å². The summed E-state index contributed by atoms with van der Waals surface area (Å²) in [6.45, 7) is 10.6. The van der Waals surface area contributed by atoms with Crippen molar-refractivity contribution in [2.75, 3.05) is 18.0 Å². The zero-order valence-corrected chi connectivity index (χ0v) is 10.9. The number of nitrogens with zero attached hydrogens (tertiary/aromatic N) is 1. The van der Waals surface area contributed by atoms with Gasteiger partial charge >= 0.3 is 0 Å². The Kier molecular flexibility index (Phi) is 4.81. The Morgan fingerprint density at radius 1 is 1.31 bits per heavy atom. The quantitative estimate of drug-likeness (QED) is 0.826. The second-order valence-corrected chi connectivity index (χ2v) is 4.79. The van der Waals surface area contributed by atoms with E-state index in [0.717, 1.165) is 13.1 Å². The van der Waals surface area contributed by atoms with Gasteiger partial charge in [-0.1, -0.05) is 26.0 Å². The molecule has 0 aromatic heterocycles. The Hall–Kier alpha value is -1.02. The predicted octanol–water partition coefficient (Wildman–Crippen LogP) is 2.80. The van der Waals surface area contributed by atoms with Crippen LogP contribution in [0.4, 0.5) is 5.69 Å². The molecule has 2 N–H and O–H groups in total. The van der Waals surface area contributed by atoms with Crippen LogP contribution < -0.4 is 10.6 Å². The number of nitrogens with two attached hydrogens (primary N) is 1. The Morgan fingerprint density at radius 3 is 2.50 bits per heavy atom. The van der Waals surface area contributed by atoms with Gasteiger partial charge in [0, 0.05) is 24.8 Å². The molecule has 1 atom stereocenters. The van der Waals surface area contributed by atoms with Gasteiger partial charge in [0.15, 0.2) is 0 Å². The molecule has 0 heterocycles. The van der Waals surface area contributed by atoms with Gasteiger partial charge < -0.3 is 10.6 Å². The maximum atomic E-state index is 6.13. The minimum absolute atomic E-state index is 0.237. The molecule has 1 unspecified atom stereocenters. The smallest absolute Gasteiger partial charge is 0.0369 e. The van der Waals surface area contributed by atoms with E-state index >= 15 is 0 Å². The third kappa shape index (κ3) is 3.53. The van der Waals surface area contributed by atoms with E-state index in [-0.39, 0.29) is 6.04 Å². The van der Waals surface area contributed by atoms with Crippen molar-refractivity contribution in [2.24, 2.45) is 11.7 Å². The number of anilines is 1. The predicted molar refractivity (Wildman–Crippen MR) is 71.9 cm³/mol. The molecule has 0 aliphatic carbocycles. The van der Waals surface area contributed by atoms with Gasteiger partial charge in [-0.2, -0.15) is 0 Å². The first kappa shape index (κ1) is 13.0. The van der Waals surface area contributed by atoms with Gasteiger partial charge in [-0.25, -0.2) is 0 Å². The molecule has 16 heavy (non-hydrogen) atoms. The fraction of sp³-hybridized carbons (Fsp3) is 0.571. The Labute approximate surface area is 99.5 Å². The Bertz CT molecular complexity index is 320. The Morgan fingerprint density at radius 2 is 2.00 bits per heavy atom. The normalized spacial score (nSPS) is 12.9. The zero-order chi connectivity index (χ0) is 12.1. The van der Waals surface area contributed by atoms with Crippen LogP contribution in [0, 0.1) is 12.8 Å². The largest absolute Gasteiger partial charge is 0.370 e. The van der Waals surface area contributed by atoms with Gasteiger partial charge in [0.2, 0.25) is 0 Å². The maximum Gasteiger partial charge on any atom is 0.0369 e. The highest BCUT2D eigenvalue weighted by Crippen LogP contribution is 2.16. The lowest BCUT2D eigenvalue weighted by molar-refractivity contribution is 0.487. The molecule has 0 amide bonds. The van der Waals surface area contributed by atoms with Crippen LogP contribution in [-0.2, 0) is 0 Å². The molecular weight excluding hydrogens is 196 g/mol. The first-order valence-electron chi connectivity index (χ1n) is 6.11. The van der Waals surface area contributed by atoms with Gasteiger partial charge in [0.05, 0.1) is 0 Å². The summed E-state index contributed by atoms with van der Waals surface area (Å²) in [4.78, 5) is 2.34. The Balaban J connectivity index is 2.74. The van der Waals surface area contributed by atoms with Crippen LogP contribution in [0.5, 0.6) is 0 Å². The maximum absolute atomic E-state index is 6.13. The summed E-state index contributed by atoms with van der Waals surface area (Å²) >= 11 is 0. The first-order chi connectivity index (χ1) is 7.54. The molecule has 0 fully saturated rings. The summed E-state index contributed by atoms with van der Waals surface area (Å²) in [6, 6.07) is 8.84.